The number of aryl methyl sites for hydroxylation is 1. The van der Waals surface area contributed by atoms with Crippen LogP contribution < -0.4 is 14.8 Å². The molecule has 0 radical (unpaired) electrons. The van der Waals surface area contributed by atoms with Crippen molar-refractivity contribution in [2.75, 3.05) is 19.8 Å². The number of nitrogens with zero attached hydrogens (tertiary/aromatic N) is 2. The van der Waals surface area contributed by atoms with Crippen LogP contribution in [0.2, 0.25) is 5.02 Å². The van der Waals surface area contributed by atoms with Crippen LogP contribution in [0, 0.1) is 0 Å². The summed E-state index contributed by atoms with van der Waals surface area (Å²) in [7, 11) is 0. The van der Waals surface area contributed by atoms with Crippen LogP contribution in [0.15, 0.2) is 42.0 Å². The molecule has 144 valence electrons. The lowest BCUT2D eigenvalue weighted by Gasteiger charge is -2.20. The number of carbonyl (C=O) groups is 1. The summed E-state index contributed by atoms with van der Waals surface area (Å²) >= 11 is 7.81. The van der Waals surface area contributed by atoms with Crippen LogP contribution in [-0.2, 0) is 6.42 Å². The van der Waals surface area contributed by atoms with Crippen LogP contribution in [0.1, 0.15) is 21.8 Å². The smallest absolute Gasteiger partial charge is 0.251 e. The number of amides is 1. The molecule has 3 aromatic rings. The fraction of sp³-hybridized carbons (Fsp3) is 0.250. The van der Waals surface area contributed by atoms with E-state index in [1.54, 1.807) is 35.9 Å². The van der Waals surface area contributed by atoms with Gasteiger partial charge in [0.2, 0.25) is 0 Å². The predicted octanol–water partition coefficient (Wildman–Crippen LogP) is 3.99. The monoisotopic (exact) mass is 415 g/mol. The van der Waals surface area contributed by atoms with E-state index in [9.17, 15) is 4.79 Å². The van der Waals surface area contributed by atoms with E-state index < -0.39 is 0 Å². The Bertz CT molecular complexity index is 978. The van der Waals surface area contributed by atoms with Gasteiger partial charge in [-0.2, -0.15) is 0 Å². The summed E-state index contributed by atoms with van der Waals surface area (Å²) in [6.45, 7) is 1.46. The number of fused-ring (bicyclic) bond motifs is 1. The number of carbonyl (C=O) groups excluding carboxylic acids is 1. The lowest BCUT2D eigenvalue weighted by atomic mass is 10.1. The molecule has 0 aliphatic carbocycles. The summed E-state index contributed by atoms with van der Waals surface area (Å²) in [5.74, 6) is 0.823. The molecule has 0 bridgehead atoms. The zero-order valence-electron chi connectivity index (χ0n) is 15.0. The standard InChI is InChI=1S/C20H18ClN3O3S/c21-15-10-14(11-17-19(15)27-9-8-26-17)20(25)23-5-1-2-18-24-16(12-28-18)13-3-6-22-7-4-13/h3-4,6-7,10-12H,1-2,5,8-9H2,(H,23,25). The Kier molecular flexibility index (Phi) is 5.73. The van der Waals surface area contributed by atoms with E-state index in [0.717, 1.165) is 29.1 Å². The average Bonchev–Trinajstić information content (AvgIpc) is 3.21. The first kappa shape index (κ1) is 18.7. The van der Waals surface area contributed by atoms with Crippen LogP contribution in [0.3, 0.4) is 0 Å². The Morgan fingerprint density at radius 3 is 2.89 bits per heavy atom. The van der Waals surface area contributed by atoms with Gasteiger partial charge in [-0.1, -0.05) is 11.6 Å². The highest BCUT2D eigenvalue weighted by Gasteiger charge is 2.19. The SMILES string of the molecule is O=C(NCCCc1nc(-c2ccncc2)cs1)c1cc(Cl)c2c(c1)OCCO2. The molecule has 0 saturated carbocycles. The number of benzene rings is 1. The first-order valence-corrected chi connectivity index (χ1v) is 10.2. The highest BCUT2D eigenvalue weighted by molar-refractivity contribution is 7.09. The number of ether oxygens (including phenoxy) is 2. The Morgan fingerprint density at radius 1 is 1.21 bits per heavy atom. The second-order valence-corrected chi connectivity index (χ2v) is 7.55. The molecule has 1 aromatic carbocycles. The van der Waals surface area contributed by atoms with Crippen molar-refractivity contribution in [1.29, 1.82) is 0 Å². The number of halogens is 1. The normalized spacial score (nSPS) is 12.6. The first-order valence-electron chi connectivity index (χ1n) is 8.93. The fourth-order valence-electron chi connectivity index (χ4n) is 2.87. The molecule has 4 rings (SSSR count). The molecular weight excluding hydrogens is 398 g/mol. The molecule has 2 aromatic heterocycles. The highest BCUT2D eigenvalue weighted by atomic mass is 35.5. The molecule has 0 unspecified atom stereocenters. The summed E-state index contributed by atoms with van der Waals surface area (Å²) in [6.07, 6.45) is 5.12. The number of thiazole rings is 1. The average molecular weight is 416 g/mol. The van der Waals surface area contributed by atoms with Gasteiger partial charge >= 0.3 is 0 Å². The topological polar surface area (TPSA) is 73.3 Å². The lowest BCUT2D eigenvalue weighted by Crippen LogP contribution is -2.25. The van der Waals surface area contributed by atoms with Crippen LogP contribution in [-0.4, -0.2) is 35.6 Å². The predicted molar refractivity (Wildman–Crippen MR) is 108 cm³/mol. The molecule has 3 heterocycles. The molecular formula is C20H18ClN3O3S. The molecule has 1 aliphatic heterocycles. The summed E-state index contributed by atoms with van der Waals surface area (Å²) in [5.41, 5.74) is 2.47. The van der Waals surface area contributed by atoms with E-state index in [0.29, 0.717) is 41.8 Å². The molecule has 0 saturated heterocycles. The van der Waals surface area contributed by atoms with Crippen molar-refractivity contribution in [2.45, 2.75) is 12.8 Å². The third-order valence-electron chi connectivity index (χ3n) is 4.24. The summed E-state index contributed by atoms with van der Waals surface area (Å²) in [6, 6.07) is 7.15. The second-order valence-electron chi connectivity index (χ2n) is 6.20. The second kappa shape index (κ2) is 8.58. The first-order chi connectivity index (χ1) is 13.7. The van der Waals surface area contributed by atoms with E-state index in [4.69, 9.17) is 21.1 Å². The van der Waals surface area contributed by atoms with Gasteiger partial charge in [0.05, 0.1) is 15.7 Å². The van der Waals surface area contributed by atoms with Gasteiger partial charge in [-0.05, 0) is 30.7 Å². The minimum absolute atomic E-state index is 0.185. The third kappa shape index (κ3) is 4.26. The largest absolute Gasteiger partial charge is 0.486 e. The van der Waals surface area contributed by atoms with Crippen LogP contribution in [0.4, 0.5) is 0 Å². The van der Waals surface area contributed by atoms with E-state index in [2.05, 4.69) is 15.3 Å². The maximum Gasteiger partial charge on any atom is 0.251 e. The maximum atomic E-state index is 12.4. The van der Waals surface area contributed by atoms with Gasteiger partial charge in [0, 0.05) is 41.9 Å². The quantitative estimate of drug-likeness (QED) is 0.616. The number of aromatic nitrogens is 2. The van der Waals surface area contributed by atoms with Crippen molar-refractivity contribution in [3.05, 3.63) is 57.6 Å². The summed E-state index contributed by atoms with van der Waals surface area (Å²) in [5, 5.41) is 6.39. The minimum atomic E-state index is -0.185. The fourth-order valence-corrected chi connectivity index (χ4v) is 3.98. The van der Waals surface area contributed by atoms with E-state index in [1.807, 2.05) is 17.5 Å². The van der Waals surface area contributed by atoms with Gasteiger partial charge in [-0.15, -0.1) is 11.3 Å². The number of hydrogen-bond acceptors (Lipinski definition) is 6. The van der Waals surface area contributed by atoms with Crippen molar-refractivity contribution < 1.29 is 14.3 Å². The van der Waals surface area contributed by atoms with Crippen LogP contribution in [0.25, 0.3) is 11.3 Å². The number of nitrogens with one attached hydrogen (secondary N) is 1. The summed E-state index contributed by atoms with van der Waals surface area (Å²) in [4.78, 5) is 21.1. The highest BCUT2D eigenvalue weighted by Crippen LogP contribution is 2.38. The molecule has 0 atom stereocenters. The molecule has 1 aliphatic rings. The molecule has 6 nitrogen and oxygen atoms in total. The van der Waals surface area contributed by atoms with Crippen molar-refractivity contribution in [3.8, 4) is 22.8 Å². The van der Waals surface area contributed by atoms with Crippen molar-refractivity contribution in [1.82, 2.24) is 15.3 Å². The van der Waals surface area contributed by atoms with Crippen molar-refractivity contribution >= 4 is 28.8 Å². The molecule has 0 fully saturated rings. The van der Waals surface area contributed by atoms with Crippen LogP contribution >= 0.6 is 22.9 Å². The number of pyridine rings is 1. The Hall–Kier alpha value is -2.64. The van der Waals surface area contributed by atoms with Gasteiger partial charge in [0.25, 0.3) is 5.91 Å². The minimum Gasteiger partial charge on any atom is -0.486 e. The number of hydrogen-bond donors (Lipinski definition) is 1. The Morgan fingerprint density at radius 2 is 2.04 bits per heavy atom. The van der Waals surface area contributed by atoms with Crippen molar-refractivity contribution in [2.24, 2.45) is 0 Å². The zero-order chi connectivity index (χ0) is 19.3. The third-order valence-corrected chi connectivity index (χ3v) is 5.43. The Balaban J connectivity index is 1.29. The van der Waals surface area contributed by atoms with Crippen LogP contribution in [0.5, 0.6) is 11.5 Å². The van der Waals surface area contributed by atoms with Gasteiger partial charge in [0.15, 0.2) is 11.5 Å². The lowest BCUT2D eigenvalue weighted by molar-refractivity contribution is 0.0952. The van der Waals surface area contributed by atoms with E-state index >= 15 is 0 Å². The maximum absolute atomic E-state index is 12.4. The van der Waals surface area contributed by atoms with Gasteiger partial charge in [0.1, 0.15) is 13.2 Å². The Labute approximate surface area is 171 Å². The molecule has 0 spiro atoms. The zero-order valence-corrected chi connectivity index (χ0v) is 16.6. The van der Waals surface area contributed by atoms with E-state index in [1.165, 1.54) is 0 Å². The number of rotatable bonds is 6. The van der Waals surface area contributed by atoms with E-state index in [-0.39, 0.29) is 5.91 Å². The van der Waals surface area contributed by atoms with Gasteiger partial charge in [-0.25, -0.2) is 4.98 Å². The van der Waals surface area contributed by atoms with Crippen molar-refractivity contribution in [3.63, 3.8) is 0 Å². The molecule has 1 amide bonds. The molecule has 8 heteroatoms. The summed E-state index contributed by atoms with van der Waals surface area (Å²) < 4.78 is 11.0. The van der Waals surface area contributed by atoms with Gasteiger partial charge < -0.3 is 14.8 Å². The molecule has 28 heavy (non-hydrogen) atoms. The molecule has 1 N–H and O–H groups in total. The van der Waals surface area contributed by atoms with Gasteiger partial charge in [-0.3, -0.25) is 9.78 Å².